The molecule has 4 atom stereocenters. The third-order valence-electron chi connectivity index (χ3n) is 5.36. The second kappa shape index (κ2) is 7.44. The molecule has 1 aromatic rings. The summed E-state index contributed by atoms with van der Waals surface area (Å²) in [7, 11) is 0. The van der Waals surface area contributed by atoms with Gasteiger partial charge in [0.05, 0.1) is 0 Å². The minimum atomic E-state index is -1.04. The van der Waals surface area contributed by atoms with Gasteiger partial charge in [0.25, 0.3) is 5.91 Å². The second-order valence-electron chi connectivity index (χ2n) is 7.28. The Morgan fingerprint density at radius 1 is 1.32 bits per heavy atom. The Hall–Kier alpha value is -2.08. The lowest BCUT2D eigenvalue weighted by Crippen LogP contribution is -2.79. The van der Waals surface area contributed by atoms with Gasteiger partial charge in [-0.1, -0.05) is 31.0 Å². The Bertz CT molecular complexity index is 622. The van der Waals surface area contributed by atoms with Crippen LogP contribution in [-0.4, -0.2) is 29.6 Å². The highest BCUT2D eigenvalue weighted by molar-refractivity contribution is 5.97. The first kappa shape index (κ1) is 17.7. The first-order valence-electron chi connectivity index (χ1n) is 9.08. The van der Waals surface area contributed by atoms with Crippen molar-refractivity contribution < 1.29 is 14.3 Å². The second-order valence-corrected chi connectivity index (χ2v) is 7.28. The smallest absolute Gasteiger partial charge is 0.254 e. The van der Waals surface area contributed by atoms with E-state index in [1.807, 2.05) is 30.3 Å². The molecule has 1 unspecified atom stereocenters. The van der Waals surface area contributed by atoms with Crippen LogP contribution < -0.4 is 21.1 Å². The van der Waals surface area contributed by atoms with Crippen LogP contribution in [0.3, 0.4) is 0 Å². The van der Waals surface area contributed by atoms with Crippen LogP contribution >= 0.6 is 0 Å². The molecule has 0 bridgehead atoms. The van der Waals surface area contributed by atoms with Gasteiger partial charge in [-0.15, -0.1) is 0 Å². The molecule has 2 amide bonds. The normalized spacial score (nSPS) is 31.6. The van der Waals surface area contributed by atoms with Crippen molar-refractivity contribution in [1.82, 2.24) is 10.6 Å². The molecule has 0 aromatic heterocycles. The van der Waals surface area contributed by atoms with Crippen molar-refractivity contribution in [1.29, 1.82) is 0 Å². The van der Waals surface area contributed by atoms with Gasteiger partial charge in [-0.2, -0.15) is 0 Å². The van der Waals surface area contributed by atoms with Crippen LogP contribution in [0.5, 0.6) is 5.75 Å². The predicted octanol–water partition coefficient (Wildman–Crippen LogP) is 1.69. The minimum absolute atomic E-state index is 0.128. The zero-order chi connectivity index (χ0) is 17.9. The van der Waals surface area contributed by atoms with Crippen LogP contribution in [0.4, 0.5) is 0 Å². The number of amides is 2. The molecule has 1 saturated carbocycles. The van der Waals surface area contributed by atoms with E-state index in [2.05, 4.69) is 10.6 Å². The molecule has 0 spiro atoms. The maximum absolute atomic E-state index is 12.4. The summed E-state index contributed by atoms with van der Waals surface area (Å²) in [5.41, 5.74) is 5.10. The van der Waals surface area contributed by atoms with Crippen molar-refractivity contribution in [2.24, 2.45) is 11.7 Å². The van der Waals surface area contributed by atoms with E-state index in [0.29, 0.717) is 18.1 Å². The van der Waals surface area contributed by atoms with E-state index in [9.17, 15) is 9.59 Å². The first-order chi connectivity index (χ1) is 12.0. The van der Waals surface area contributed by atoms with E-state index in [4.69, 9.17) is 10.5 Å². The van der Waals surface area contributed by atoms with Crippen molar-refractivity contribution in [3.63, 3.8) is 0 Å². The summed E-state index contributed by atoms with van der Waals surface area (Å²) in [6.45, 7) is 1.70. The van der Waals surface area contributed by atoms with Gasteiger partial charge >= 0.3 is 0 Å². The van der Waals surface area contributed by atoms with Gasteiger partial charge in [-0.05, 0) is 44.2 Å². The molecule has 1 aromatic carbocycles. The minimum Gasteiger partial charge on any atom is -0.468 e. The van der Waals surface area contributed by atoms with E-state index < -0.39 is 11.8 Å². The van der Waals surface area contributed by atoms with Crippen molar-refractivity contribution in [2.75, 3.05) is 0 Å². The zero-order valence-electron chi connectivity index (χ0n) is 14.7. The SMILES string of the molecule is C[C@@]1(NC(=O)CCC2CCCC[C@@H]2N)C(=O)N[C@@H]1Oc1ccccc1. The van der Waals surface area contributed by atoms with E-state index >= 15 is 0 Å². The van der Waals surface area contributed by atoms with Crippen LogP contribution in [0.1, 0.15) is 45.4 Å². The molecule has 1 saturated heterocycles. The molecular weight excluding hydrogens is 318 g/mol. The number of carbonyl (C=O) groups is 2. The third-order valence-corrected chi connectivity index (χ3v) is 5.36. The lowest BCUT2D eigenvalue weighted by Gasteiger charge is -2.45. The van der Waals surface area contributed by atoms with E-state index in [0.717, 1.165) is 19.3 Å². The van der Waals surface area contributed by atoms with Gasteiger partial charge in [-0.25, -0.2) is 0 Å². The number of nitrogens with one attached hydrogen (secondary N) is 2. The van der Waals surface area contributed by atoms with Crippen molar-refractivity contribution >= 4 is 11.8 Å². The monoisotopic (exact) mass is 345 g/mol. The maximum atomic E-state index is 12.4. The summed E-state index contributed by atoms with van der Waals surface area (Å²) >= 11 is 0. The number of hydrogen-bond donors (Lipinski definition) is 3. The molecule has 2 fully saturated rings. The summed E-state index contributed by atoms with van der Waals surface area (Å²) in [6, 6.07) is 9.44. The Labute approximate surface area is 148 Å². The number of carbonyl (C=O) groups excluding carboxylic acids is 2. The van der Waals surface area contributed by atoms with Crippen LogP contribution in [0, 0.1) is 5.92 Å². The van der Waals surface area contributed by atoms with Crippen LogP contribution in [0.2, 0.25) is 0 Å². The van der Waals surface area contributed by atoms with E-state index in [-0.39, 0.29) is 17.9 Å². The van der Waals surface area contributed by atoms with Crippen LogP contribution in [-0.2, 0) is 9.59 Å². The highest BCUT2D eigenvalue weighted by atomic mass is 16.5. The highest BCUT2D eigenvalue weighted by Crippen LogP contribution is 2.28. The average Bonchev–Trinajstić information content (AvgIpc) is 2.61. The Morgan fingerprint density at radius 3 is 2.72 bits per heavy atom. The number of β-lactam (4-membered cyclic amide) rings is 1. The highest BCUT2D eigenvalue weighted by Gasteiger charge is 2.54. The zero-order valence-corrected chi connectivity index (χ0v) is 14.7. The van der Waals surface area contributed by atoms with Crippen molar-refractivity contribution in [3.05, 3.63) is 30.3 Å². The number of nitrogens with two attached hydrogens (primary N) is 1. The summed E-state index contributed by atoms with van der Waals surface area (Å²) in [5, 5.41) is 5.55. The summed E-state index contributed by atoms with van der Waals surface area (Å²) in [5.74, 6) is 0.702. The summed E-state index contributed by atoms with van der Waals surface area (Å²) in [4.78, 5) is 24.4. The Balaban J connectivity index is 1.52. The predicted molar refractivity (Wildman–Crippen MR) is 94.7 cm³/mol. The lowest BCUT2D eigenvalue weighted by atomic mass is 9.82. The fourth-order valence-corrected chi connectivity index (χ4v) is 3.62. The standard InChI is InChI=1S/C19H27N3O3/c1-19(17(24)21-18(19)25-14-8-3-2-4-9-14)22-16(23)12-11-13-7-5-6-10-15(13)20/h2-4,8-9,13,15,18H,5-7,10-12,20H2,1H3,(H,21,24)(H,22,23)/t13?,15-,18+,19+/m0/s1. The average molecular weight is 345 g/mol. The summed E-state index contributed by atoms with van der Waals surface area (Å²) in [6.07, 6.45) is 5.09. The van der Waals surface area contributed by atoms with Gasteiger partial charge in [0.15, 0.2) is 5.54 Å². The van der Waals surface area contributed by atoms with Gasteiger partial charge in [0.1, 0.15) is 5.75 Å². The number of ether oxygens (including phenoxy) is 1. The quantitative estimate of drug-likeness (QED) is 0.684. The van der Waals surface area contributed by atoms with Gasteiger partial charge in [0, 0.05) is 12.5 Å². The number of hydrogen-bond acceptors (Lipinski definition) is 4. The Kier molecular flexibility index (Phi) is 5.27. The molecule has 0 radical (unpaired) electrons. The van der Waals surface area contributed by atoms with Crippen LogP contribution in [0.15, 0.2) is 30.3 Å². The molecule has 1 aliphatic carbocycles. The number of rotatable bonds is 6. The fourth-order valence-electron chi connectivity index (χ4n) is 3.62. The number of para-hydroxylation sites is 1. The molecule has 25 heavy (non-hydrogen) atoms. The molecule has 4 N–H and O–H groups in total. The molecule has 1 heterocycles. The number of benzene rings is 1. The van der Waals surface area contributed by atoms with Crippen LogP contribution in [0.25, 0.3) is 0 Å². The topological polar surface area (TPSA) is 93.5 Å². The molecular formula is C19H27N3O3. The summed E-state index contributed by atoms with van der Waals surface area (Å²) < 4.78 is 5.78. The first-order valence-corrected chi connectivity index (χ1v) is 9.08. The maximum Gasteiger partial charge on any atom is 0.254 e. The molecule has 6 nitrogen and oxygen atoms in total. The molecule has 3 rings (SSSR count). The van der Waals surface area contributed by atoms with Gasteiger partial charge in [0.2, 0.25) is 12.1 Å². The Morgan fingerprint density at radius 2 is 2.04 bits per heavy atom. The van der Waals surface area contributed by atoms with E-state index in [1.54, 1.807) is 6.92 Å². The molecule has 1 aliphatic heterocycles. The van der Waals surface area contributed by atoms with Crippen molar-refractivity contribution in [2.45, 2.75) is 63.3 Å². The largest absolute Gasteiger partial charge is 0.468 e. The molecule has 6 heteroatoms. The van der Waals surface area contributed by atoms with Gasteiger partial charge in [-0.3, -0.25) is 9.59 Å². The van der Waals surface area contributed by atoms with E-state index in [1.165, 1.54) is 12.8 Å². The van der Waals surface area contributed by atoms with Gasteiger partial charge < -0.3 is 21.1 Å². The fraction of sp³-hybridized carbons (Fsp3) is 0.579. The lowest BCUT2D eigenvalue weighted by molar-refractivity contribution is -0.153. The molecule has 2 aliphatic rings. The molecule has 136 valence electrons. The van der Waals surface area contributed by atoms with Crippen molar-refractivity contribution in [3.8, 4) is 5.75 Å². The third kappa shape index (κ3) is 3.95.